The van der Waals surface area contributed by atoms with Crippen molar-refractivity contribution in [1.29, 1.82) is 0 Å². The van der Waals surface area contributed by atoms with Crippen LogP contribution in [-0.4, -0.2) is 17.0 Å². The van der Waals surface area contributed by atoms with Gasteiger partial charge < -0.3 is 10.6 Å². The van der Waals surface area contributed by atoms with Crippen molar-refractivity contribution in [1.82, 2.24) is 9.97 Å². The summed E-state index contributed by atoms with van der Waals surface area (Å²) in [4.78, 5) is 8.38. The third-order valence-corrected chi connectivity index (χ3v) is 4.22. The molecule has 0 saturated carbocycles. The van der Waals surface area contributed by atoms with E-state index in [-0.39, 0.29) is 17.0 Å². The largest absolute Gasteiger partial charge is 0.388 e. The maximum atomic E-state index is 15.4. The smallest absolute Gasteiger partial charge is 0.173 e. The quantitative estimate of drug-likeness (QED) is 0.463. The summed E-state index contributed by atoms with van der Waals surface area (Å²) in [6, 6.07) is 8.89. The van der Waals surface area contributed by atoms with Crippen molar-refractivity contribution < 1.29 is 8.78 Å². The number of anilines is 3. The standard InChI is InChI=1S/C21H20F2N4.C2H6/c1-4-15(17(22)5-2)20-19(23)21(26-13-8-10-25-11-9-13)16-7-6-14(24-3)12-18(16)27-20;1-2/h4-12,24H,1-3H3,(H,25,26,27);1-2H3/b15-4+,17-5+;. The van der Waals surface area contributed by atoms with E-state index in [1.807, 2.05) is 19.9 Å². The number of fused-ring (bicyclic) bond motifs is 1. The summed E-state index contributed by atoms with van der Waals surface area (Å²) < 4.78 is 29.7. The van der Waals surface area contributed by atoms with Gasteiger partial charge in [0, 0.05) is 41.8 Å². The van der Waals surface area contributed by atoms with Gasteiger partial charge in [-0.2, -0.15) is 0 Å². The number of allylic oxidation sites excluding steroid dienone is 4. The molecule has 0 fully saturated rings. The number of benzene rings is 1. The predicted octanol–water partition coefficient (Wildman–Crippen LogP) is 6.86. The molecule has 152 valence electrons. The average Bonchev–Trinajstić information content (AvgIpc) is 2.78. The highest BCUT2D eigenvalue weighted by Crippen LogP contribution is 2.35. The first-order valence-corrected chi connectivity index (χ1v) is 9.56. The number of pyridine rings is 2. The second-order valence-electron chi connectivity index (χ2n) is 5.83. The van der Waals surface area contributed by atoms with Gasteiger partial charge in [0.1, 0.15) is 11.5 Å². The highest BCUT2D eigenvalue weighted by Gasteiger charge is 2.20. The topological polar surface area (TPSA) is 49.8 Å². The van der Waals surface area contributed by atoms with Gasteiger partial charge in [-0.25, -0.2) is 13.8 Å². The molecule has 2 N–H and O–H groups in total. The fraction of sp³-hybridized carbons (Fsp3) is 0.217. The van der Waals surface area contributed by atoms with Gasteiger partial charge in [-0.3, -0.25) is 4.98 Å². The molecule has 3 rings (SSSR count). The average molecular weight is 396 g/mol. The number of rotatable bonds is 5. The number of hydrogen-bond donors (Lipinski definition) is 2. The van der Waals surface area contributed by atoms with Gasteiger partial charge in [-0.15, -0.1) is 0 Å². The van der Waals surface area contributed by atoms with Gasteiger partial charge in [0.2, 0.25) is 0 Å². The zero-order valence-corrected chi connectivity index (χ0v) is 17.3. The number of aromatic nitrogens is 2. The van der Waals surface area contributed by atoms with E-state index in [1.54, 1.807) is 57.6 Å². The zero-order valence-electron chi connectivity index (χ0n) is 17.3. The SMILES string of the molecule is C/C=C(\C(F)=C/C)c1nc2cc(NC)ccc2c(Nc2ccncc2)c1F.CC. The fourth-order valence-electron chi connectivity index (χ4n) is 2.82. The molecule has 0 bridgehead atoms. The first-order valence-electron chi connectivity index (χ1n) is 9.56. The molecular formula is C23H26F2N4. The summed E-state index contributed by atoms with van der Waals surface area (Å²) in [5.41, 5.74) is 2.38. The summed E-state index contributed by atoms with van der Waals surface area (Å²) in [5.74, 6) is -1.13. The first-order chi connectivity index (χ1) is 14.1. The van der Waals surface area contributed by atoms with E-state index < -0.39 is 11.6 Å². The van der Waals surface area contributed by atoms with E-state index in [4.69, 9.17) is 0 Å². The molecule has 3 aromatic rings. The van der Waals surface area contributed by atoms with Crippen LogP contribution in [0.25, 0.3) is 16.5 Å². The Kier molecular flexibility index (Phi) is 7.83. The van der Waals surface area contributed by atoms with E-state index in [2.05, 4.69) is 20.6 Å². The van der Waals surface area contributed by atoms with Crippen LogP contribution in [0.5, 0.6) is 0 Å². The fourth-order valence-corrected chi connectivity index (χ4v) is 2.82. The molecule has 2 heterocycles. The first kappa shape index (κ1) is 22.0. The van der Waals surface area contributed by atoms with Crippen molar-refractivity contribution in [2.24, 2.45) is 0 Å². The molecule has 2 aromatic heterocycles. The number of nitrogens with one attached hydrogen (secondary N) is 2. The Bertz CT molecular complexity index is 1030. The van der Waals surface area contributed by atoms with Gasteiger partial charge in [-0.05, 0) is 44.2 Å². The second-order valence-corrected chi connectivity index (χ2v) is 5.83. The minimum absolute atomic E-state index is 0.0367. The Morgan fingerprint density at radius 1 is 1.00 bits per heavy atom. The van der Waals surface area contributed by atoms with E-state index >= 15 is 4.39 Å². The highest BCUT2D eigenvalue weighted by molar-refractivity contribution is 5.97. The van der Waals surface area contributed by atoms with Crippen LogP contribution in [0.3, 0.4) is 0 Å². The van der Waals surface area contributed by atoms with E-state index in [9.17, 15) is 4.39 Å². The Morgan fingerprint density at radius 3 is 2.28 bits per heavy atom. The third kappa shape index (κ3) is 4.77. The number of hydrogen-bond acceptors (Lipinski definition) is 4. The maximum absolute atomic E-state index is 15.4. The molecule has 0 spiro atoms. The van der Waals surface area contributed by atoms with Crippen LogP contribution in [0, 0.1) is 5.82 Å². The minimum atomic E-state index is -0.610. The van der Waals surface area contributed by atoms with Gasteiger partial charge in [0.05, 0.1) is 11.2 Å². The van der Waals surface area contributed by atoms with Gasteiger partial charge in [0.15, 0.2) is 5.82 Å². The van der Waals surface area contributed by atoms with Crippen LogP contribution >= 0.6 is 0 Å². The van der Waals surface area contributed by atoms with Crippen LogP contribution in [-0.2, 0) is 0 Å². The lowest BCUT2D eigenvalue weighted by Crippen LogP contribution is -2.04. The van der Waals surface area contributed by atoms with Crippen molar-refractivity contribution in [3.8, 4) is 0 Å². The monoisotopic (exact) mass is 396 g/mol. The van der Waals surface area contributed by atoms with Crippen molar-refractivity contribution in [2.75, 3.05) is 17.7 Å². The van der Waals surface area contributed by atoms with Crippen LogP contribution in [0.4, 0.5) is 25.8 Å². The molecule has 4 nitrogen and oxygen atoms in total. The zero-order chi connectivity index (χ0) is 21.4. The second kappa shape index (κ2) is 10.3. The van der Waals surface area contributed by atoms with Crippen LogP contribution in [0.1, 0.15) is 33.4 Å². The molecule has 0 atom stereocenters. The van der Waals surface area contributed by atoms with E-state index in [1.165, 1.54) is 12.2 Å². The molecule has 1 aromatic carbocycles. The molecular weight excluding hydrogens is 370 g/mol. The van der Waals surface area contributed by atoms with Crippen LogP contribution < -0.4 is 10.6 Å². The van der Waals surface area contributed by atoms with Gasteiger partial charge in [-0.1, -0.05) is 26.0 Å². The van der Waals surface area contributed by atoms with E-state index in [0.29, 0.717) is 16.6 Å². The lowest BCUT2D eigenvalue weighted by Gasteiger charge is -2.15. The highest BCUT2D eigenvalue weighted by atomic mass is 19.1. The Balaban J connectivity index is 0.00000145. The number of nitrogens with zero attached hydrogens (tertiary/aromatic N) is 2. The lowest BCUT2D eigenvalue weighted by atomic mass is 10.0. The molecule has 0 aliphatic heterocycles. The van der Waals surface area contributed by atoms with Crippen LogP contribution in [0.15, 0.2) is 60.7 Å². The minimum Gasteiger partial charge on any atom is -0.388 e. The lowest BCUT2D eigenvalue weighted by molar-refractivity contribution is 0.617. The number of halogens is 2. The normalized spacial score (nSPS) is 11.7. The Labute approximate surface area is 170 Å². The molecule has 6 heteroatoms. The van der Waals surface area contributed by atoms with Gasteiger partial charge in [0.25, 0.3) is 0 Å². The summed E-state index contributed by atoms with van der Waals surface area (Å²) >= 11 is 0. The molecule has 0 radical (unpaired) electrons. The van der Waals surface area contributed by atoms with E-state index in [0.717, 1.165) is 5.69 Å². The molecule has 0 aliphatic carbocycles. The Hall–Kier alpha value is -3.28. The molecule has 0 aliphatic rings. The summed E-state index contributed by atoms with van der Waals surface area (Å²) in [7, 11) is 1.79. The summed E-state index contributed by atoms with van der Waals surface area (Å²) in [6.07, 6.45) is 6.03. The molecule has 29 heavy (non-hydrogen) atoms. The Morgan fingerprint density at radius 2 is 1.69 bits per heavy atom. The summed E-state index contributed by atoms with van der Waals surface area (Å²) in [5, 5.41) is 6.72. The van der Waals surface area contributed by atoms with Crippen molar-refractivity contribution >= 4 is 33.5 Å². The predicted molar refractivity (Wildman–Crippen MR) is 119 cm³/mol. The van der Waals surface area contributed by atoms with Crippen LogP contribution in [0.2, 0.25) is 0 Å². The third-order valence-electron chi connectivity index (χ3n) is 4.22. The van der Waals surface area contributed by atoms with Crippen molar-refractivity contribution in [3.05, 3.63) is 72.2 Å². The van der Waals surface area contributed by atoms with Crippen molar-refractivity contribution in [3.63, 3.8) is 0 Å². The van der Waals surface area contributed by atoms with Gasteiger partial charge >= 0.3 is 0 Å². The molecule has 0 amide bonds. The van der Waals surface area contributed by atoms with Crippen molar-refractivity contribution in [2.45, 2.75) is 27.7 Å². The molecule has 0 saturated heterocycles. The molecule has 0 unspecified atom stereocenters. The summed E-state index contributed by atoms with van der Waals surface area (Å²) in [6.45, 7) is 7.22. The maximum Gasteiger partial charge on any atom is 0.173 e.